The Bertz CT molecular complexity index is 578. The molecule has 24 heavy (non-hydrogen) atoms. The van der Waals surface area contributed by atoms with Crippen LogP contribution in [0.5, 0.6) is 0 Å². The van der Waals surface area contributed by atoms with E-state index in [1.165, 1.54) is 6.92 Å². The molecule has 1 aliphatic rings. The minimum Gasteiger partial charge on any atom is -0.378 e. The molecule has 0 atom stereocenters. The number of aromatic nitrogens is 1. The lowest BCUT2D eigenvalue weighted by Crippen LogP contribution is -2.41. The van der Waals surface area contributed by atoms with E-state index in [9.17, 15) is 9.59 Å². The monoisotopic (exact) mass is 357 g/mol. The Balaban J connectivity index is 0.00000288. The number of carbonyl (C=O) groups is 2. The summed E-state index contributed by atoms with van der Waals surface area (Å²) in [6.45, 7) is 7.88. The average Bonchev–Trinajstić information content (AvgIpc) is 2.82. The number of Topliss-reactive ketones (excluding diaryl/α,β-unsaturated/α-hetero) is 1. The summed E-state index contributed by atoms with van der Waals surface area (Å²) in [7, 11) is 0. The molecule has 1 fully saturated rings. The number of aryl methyl sites for hydroxylation is 1. The molecule has 2 rings (SSSR count). The molecule has 2 heterocycles. The van der Waals surface area contributed by atoms with Gasteiger partial charge in [-0.2, -0.15) is 0 Å². The van der Waals surface area contributed by atoms with Gasteiger partial charge in [0.25, 0.3) is 5.91 Å². The molecule has 1 aromatic rings. The third-order valence-corrected chi connectivity index (χ3v) is 4.43. The van der Waals surface area contributed by atoms with Gasteiger partial charge in [0.15, 0.2) is 5.78 Å². The van der Waals surface area contributed by atoms with Crippen molar-refractivity contribution in [2.45, 2.75) is 46.1 Å². The van der Waals surface area contributed by atoms with Crippen molar-refractivity contribution in [1.82, 2.24) is 9.88 Å². The molecule has 0 bridgehead atoms. The normalized spacial score (nSPS) is 15.2. The number of carbonyl (C=O) groups excluding carboxylic acids is 2. The Hall–Kier alpha value is -1.37. The molecule has 0 saturated carbocycles. The van der Waals surface area contributed by atoms with Crippen LogP contribution in [0.4, 0.5) is 0 Å². The van der Waals surface area contributed by atoms with Crippen LogP contribution in [0.2, 0.25) is 0 Å². The van der Waals surface area contributed by atoms with Crippen molar-refractivity contribution < 1.29 is 14.3 Å². The van der Waals surface area contributed by atoms with Crippen molar-refractivity contribution in [2.75, 3.05) is 26.2 Å². The van der Waals surface area contributed by atoms with E-state index in [1.807, 2.05) is 18.7 Å². The van der Waals surface area contributed by atoms with Crippen LogP contribution in [0.3, 0.4) is 0 Å². The van der Waals surface area contributed by atoms with Crippen LogP contribution < -0.4 is 5.73 Å². The number of nitrogens with one attached hydrogen (secondary N) is 1. The fourth-order valence-electron chi connectivity index (χ4n) is 3.21. The molecule has 0 spiro atoms. The Morgan fingerprint density at radius 2 is 1.92 bits per heavy atom. The second kappa shape index (κ2) is 9.20. The van der Waals surface area contributed by atoms with Crippen molar-refractivity contribution in [2.24, 2.45) is 5.73 Å². The van der Waals surface area contributed by atoms with Crippen molar-refractivity contribution >= 4 is 24.1 Å². The van der Waals surface area contributed by atoms with E-state index in [-0.39, 0.29) is 30.2 Å². The van der Waals surface area contributed by atoms with Crippen molar-refractivity contribution in [3.63, 3.8) is 0 Å². The maximum atomic E-state index is 12.7. The molecule has 0 radical (unpaired) electrons. The highest BCUT2D eigenvalue weighted by Crippen LogP contribution is 2.22. The largest absolute Gasteiger partial charge is 0.378 e. The number of nitrogens with two attached hydrogens (primary N) is 1. The number of halogens is 1. The number of likely N-dealkylation sites (tertiary alicyclic amines) is 1. The highest BCUT2D eigenvalue weighted by molar-refractivity contribution is 6.02. The van der Waals surface area contributed by atoms with Gasteiger partial charge in [-0.3, -0.25) is 9.59 Å². The second-order valence-electron chi connectivity index (χ2n) is 6.19. The maximum absolute atomic E-state index is 12.7. The van der Waals surface area contributed by atoms with E-state index in [2.05, 4.69) is 4.98 Å². The summed E-state index contributed by atoms with van der Waals surface area (Å²) in [4.78, 5) is 29.3. The van der Waals surface area contributed by atoms with Crippen LogP contribution in [0.15, 0.2) is 0 Å². The predicted molar refractivity (Wildman–Crippen MR) is 96.1 cm³/mol. The maximum Gasteiger partial charge on any atom is 0.270 e. The Labute approximate surface area is 149 Å². The summed E-state index contributed by atoms with van der Waals surface area (Å²) in [6.07, 6.45) is 2.77. The number of hydrogen-bond acceptors (Lipinski definition) is 4. The van der Waals surface area contributed by atoms with Crippen molar-refractivity contribution in [3.8, 4) is 0 Å². The number of H-pyrrole nitrogens is 1. The van der Waals surface area contributed by atoms with E-state index in [4.69, 9.17) is 10.5 Å². The number of amides is 1. The lowest BCUT2D eigenvalue weighted by Gasteiger charge is -2.32. The van der Waals surface area contributed by atoms with Gasteiger partial charge in [-0.25, -0.2) is 0 Å². The van der Waals surface area contributed by atoms with Crippen LogP contribution in [0, 0.1) is 13.8 Å². The molecule has 0 aliphatic carbocycles. The van der Waals surface area contributed by atoms with Crippen molar-refractivity contribution in [1.29, 1.82) is 0 Å². The fraction of sp³-hybridized carbons (Fsp3) is 0.647. The number of aromatic amines is 1. The highest BCUT2D eigenvalue weighted by Gasteiger charge is 2.27. The molecule has 0 aromatic carbocycles. The van der Waals surface area contributed by atoms with Gasteiger partial charge in [0, 0.05) is 31.0 Å². The van der Waals surface area contributed by atoms with E-state index in [0.29, 0.717) is 37.5 Å². The second-order valence-corrected chi connectivity index (χ2v) is 6.19. The SMILES string of the molecule is CC(=O)c1c(C)[nH]c(C(=O)N2CCC(OCCCN)CC2)c1C.Cl. The quantitative estimate of drug-likeness (QED) is 0.603. The molecular weight excluding hydrogens is 330 g/mol. The zero-order valence-corrected chi connectivity index (χ0v) is 15.5. The van der Waals surface area contributed by atoms with Gasteiger partial charge in [0.2, 0.25) is 0 Å². The van der Waals surface area contributed by atoms with Gasteiger partial charge in [0.1, 0.15) is 5.69 Å². The lowest BCUT2D eigenvalue weighted by atomic mass is 10.0. The van der Waals surface area contributed by atoms with Gasteiger partial charge in [-0.05, 0) is 52.1 Å². The zero-order valence-electron chi connectivity index (χ0n) is 14.7. The van der Waals surface area contributed by atoms with Crippen LogP contribution in [0.1, 0.15) is 58.3 Å². The van der Waals surface area contributed by atoms with Gasteiger partial charge < -0.3 is 20.4 Å². The van der Waals surface area contributed by atoms with Crippen LogP contribution in [0.25, 0.3) is 0 Å². The topological polar surface area (TPSA) is 88.4 Å². The molecule has 3 N–H and O–H groups in total. The Morgan fingerprint density at radius 3 is 2.42 bits per heavy atom. The van der Waals surface area contributed by atoms with Crippen LogP contribution in [-0.2, 0) is 4.74 Å². The van der Waals surface area contributed by atoms with Gasteiger partial charge in [0.05, 0.1) is 6.10 Å². The molecular formula is C17H28ClN3O3. The molecule has 1 saturated heterocycles. The first-order valence-electron chi connectivity index (χ1n) is 8.26. The summed E-state index contributed by atoms with van der Waals surface area (Å²) >= 11 is 0. The first-order valence-corrected chi connectivity index (χ1v) is 8.26. The number of rotatable bonds is 6. The summed E-state index contributed by atoms with van der Waals surface area (Å²) in [6, 6.07) is 0. The molecule has 1 amide bonds. The van der Waals surface area contributed by atoms with E-state index in [0.717, 1.165) is 30.5 Å². The zero-order chi connectivity index (χ0) is 17.0. The minimum absolute atomic E-state index is 0. The lowest BCUT2D eigenvalue weighted by molar-refractivity contribution is 0.00828. The molecule has 136 valence electrons. The summed E-state index contributed by atoms with van der Waals surface area (Å²) in [5.74, 6) is -0.0409. The number of piperidine rings is 1. The van der Waals surface area contributed by atoms with Crippen LogP contribution in [-0.4, -0.2) is 53.9 Å². The smallest absolute Gasteiger partial charge is 0.270 e. The van der Waals surface area contributed by atoms with E-state index in [1.54, 1.807) is 0 Å². The predicted octanol–water partition coefficient (Wildman–Crippen LogP) is 2.23. The molecule has 6 nitrogen and oxygen atoms in total. The van der Waals surface area contributed by atoms with Crippen LogP contribution >= 0.6 is 12.4 Å². The first kappa shape index (κ1) is 20.7. The molecule has 1 aliphatic heterocycles. The fourth-order valence-corrected chi connectivity index (χ4v) is 3.21. The third kappa shape index (κ3) is 4.59. The van der Waals surface area contributed by atoms with E-state index >= 15 is 0 Å². The minimum atomic E-state index is -0.0292. The highest BCUT2D eigenvalue weighted by atomic mass is 35.5. The standard InChI is InChI=1S/C17H27N3O3.ClH/c1-11-15(13(3)21)12(2)19-16(11)17(22)20-8-5-14(6-9-20)23-10-4-7-18;/h14,19H,4-10,18H2,1-3H3;1H. The summed E-state index contributed by atoms with van der Waals surface area (Å²) in [5.41, 5.74) is 8.14. The van der Waals surface area contributed by atoms with E-state index < -0.39 is 0 Å². The number of hydrogen-bond donors (Lipinski definition) is 2. The van der Waals surface area contributed by atoms with Gasteiger partial charge in [-0.1, -0.05) is 0 Å². The Morgan fingerprint density at radius 1 is 1.29 bits per heavy atom. The molecule has 1 aromatic heterocycles. The first-order chi connectivity index (χ1) is 11.0. The van der Waals surface area contributed by atoms with Crippen molar-refractivity contribution in [3.05, 3.63) is 22.5 Å². The average molecular weight is 358 g/mol. The van der Waals surface area contributed by atoms with Gasteiger partial charge >= 0.3 is 0 Å². The number of ether oxygens (including phenoxy) is 1. The summed E-state index contributed by atoms with van der Waals surface area (Å²) in [5, 5.41) is 0. The number of ketones is 1. The number of nitrogens with zero attached hydrogens (tertiary/aromatic N) is 1. The molecule has 0 unspecified atom stereocenters. The summed E-state index contributed by atoms with van der Waals surface area (Å²) < 4.78 is 5.77. The third-order valence-electron chi connectivity index (χ3n) is 4.43. The van der Waals surface area contributed by atoms with Gasteiger partial charge in [-0.15, -0.1) is 12.4 Å². The molecule has 7 heteroatoms. The Kier molecular flexibility index (Phi) is 7.93.